The smallest absolute Gasteiger partial charge is 0.306 e. The van der Waals surface area contributed by atoms with E-state index in [2.05, 4.69) is 5.73 Å². The lowest BCUT2D eigenvalue weighted by molar-refractivity contribution is 0.492. The second kappa shape index (κ2) is 5.01. The zero-order valence-corrected chi connectivity index (χ0v) is 10.3. The van der Waals surface area contributed by atoms with Gasteiger partial charge >= 0.3 is 10.1 Å². The van der Waals surface area contributed by atoms with Crippen LogP contribution >= 0.6 is 0 Å². The SMILES string of the molecule is CC(C)=C=Cc1ccccc1OS(C)(=O)=O. The fraction of sp³-hybridized carbons (Fsp3) is 0.250. The third-order valence-electron chi connectivity index (χ3n) is 1.68. The Morgan fingerprint density at radius 2 is 1.94 bits per heavy atom. The van der Waals surface area contributed by atoms with E-state index in [9.17, 15) is 8.42 Å². The van der Waals surface area contributed by atoms with Crippen molar-refractivity contribution in [3.63, 3.8) is 0 Å². The Balaban J connectivity index is 3.16. The maximum absolute atomic E-state index is 11.0. The van der Waals surface area contributed by atoms with E-state index >= 15 is 0 Å². The van der Waals surface area contributed by atoms with Crippen molar-refractivity contribution >= 4 is 16.2 Å². The monoisotopic (exact) mass is 238 g/mol. The zero-order valence-electron chi connectivity index (χ0n) is 9.52. The number of allylic oxidation sites excluding steroid dienone is 1. The molecule has 3 nitrogen and oxygen atoms in total. The molecule has 0 amide bonds. The molecule has 16 heavy (non-hydrogen) atoms. The summed E-state index contributed by atoms with van der Waals surface area (Å²) in [5.74, 6) is 0.318. The van der Waals surface area contributed by atoms with Gasteiger partial charge in [-0.25, -0.2) is 0 Å². The number of hydrogen-bond donors (Lipinski definition) is 0. The largest absolute Gasteiger partial charge is 0.382 e. The Hall–Kier alpha value is -1.51. The summed E-state index contributed by atoms with van der Waals surface area (Å²) in [4.78, 5) is 0. The Morgan fingerprint density at radius 1 is 1.31 bits per heavy atom. The highest BCUT2D eigenvalue weighted by Gasteiger charge is 2.06. The standard InChI is InChI=1S/C12H14O3S/c1-10(2)8-9-11-6-4-5-7-12(11)15-16(3,13)14/h4-7,9H,1-3H3. The Bertz CT molecular complexity index is 531. The summed E-state index contributed by atoms with van der Waals surface area (Å²) in [7, 11) is -3.49. The third kappa shape index (κ3) is 4.34. The van der Waals surface area contributed by atoms with Crippen molar-refractivity contribution in [1.82, 2.24) is 0 Å². The van der Waals surface area contributed by atoms with Crippen molar-refractivity contribution in [1.29, 1.82) is 0 Å². The van der Waals surface area contributed by atoms with Gasteiger partial charge in [0.2, 0.25) is 0 Å². The summed E-state index contributed by atoms with van der Waals surface area (Å²) < 4.78 is 26.9. The molecule has 4 heteroatoms. The fourth-order valence-corrected chi connectivity index (χ4v) is 1.54. The molecule has 0 saturated carbocycles. The van der Waals surface area contributed by atoms with Gasteiger partial charge in [0.25, 0.3) is 0 Å². The maximum Gasteiger partial charge on any atom is 0.306 e. The Kier molecular flexibility index (Phi) is 3.93. The quantitative estimate of drug-likeness (QED) is 0.600. The molecule has 0 fully saturated rings. The molecule has 0 aliphatic carbocycles. The van der Waals surface area contributed by atoms with E-state index in [1.54, 1.807) is 24.3 Å². The minimum absolute atomic E-state index is 0.318. The van der Waals surface area contributed by atoms with E-state index in [1.807, 2.05) is 19.9 Å². The lowest BCUT2D eigenvalue weighted by Crippen LogP contribution is -2.06. The fourth-order valence-electron chi connectivity index (χ4n) is 1.06. The molecular weight excluding hydrogens is 224 g/mol. The van der Waals surface area contributed by atoms with Crippen LogP contribution in [0.25, 0.3) is 6.08 Å². The van der Waals surface area contributed by atoms with E-state index in [1.165, 1.54) is 0 Å². The molecule has 0 radical (unpaired) electrons. The van der Waals surface area contributed by atoms with Crippen LogP contribution in [0.15, 0.2) is 35.6 Å². The average Bonchev–Trinajstić information content (AvgIpc) is 2.14. The zero-order chi connectivity index (χ0) is 12.2. The Morgan fingerprint density at radius 3 is 2.50 bits per heavy atom. The molecule has 1 rings (SSSR count). The van der Waals surface area contributed by atoms with E-state index in [0.717, 1.165) is 11.8 Å². The maximum atomic E-state index is 11.0. The van der Waals surface area contributed by atoms with Crippen molar-refractivity contribution < 1.29 is 12.6 Å². The highest BCUT2D eigenvalue weighted by Crippen LogP contribution is 2.20. The van der Waals surface area contributed by atoms with Crippen LogP contribution in [0.1, 0.15) is 19.4 Å². The highest BCUT2D eigenvalue weighted by atomic mass is 32.2. The molecule has 0 unspecified atom stereocenters. The van der Waals surface area contributed by atoms with Crippen LogP contribution in [-0.2, 0) is 10.1 Å². The van der Waals surface area contributed by atoms with E-state index < -0.39 is 10.1 Å². The van der Waals surface area contributed by atoms with Gasteiger partial charge in [0, 0.05) is 5.56 Å². The van der Waals surface area contributed by atoms with E-state index in [-0.39, 0.29) is 0 Å². The van der Waals surface area contributed by atoms with Crippen LogP contribution in [0.5, 0.6) is 5.75 Å². The van der Waals surface area contributed by atoms with Gasteiger partial charge in [0.05, 0.1) is 6.26 Å². The molecule has 0 heterocycles. The second-order valence-electron chi connectivity index (χ2n) is 3.61. The van der Waals surface area contributed by atoms with Gasteiger partial charge in [0.1, 0.15) is 5.75 Å². The summed E-state index contributed by atoms with van der Waals surface area (Å²) >= 11 is 0. The van der Waals surface area contributed by atoms with E-state index in [0.29, 0.717) is 11.3 Å². The molecule has 1 aromatic carbocycles. The van der Waals surface area contributed by atoms with Crippen LogP contribution < -0.4 is 4.18 Å². The minimum atomic E-state index is -3.49. The number of benzene rings is 1. The molecule has 0 aliphatic rings. The lowest BCUT2D eigenvalue weighted by atomic mass is 10.2. The minimum Gasteiger partial charge on any atom is -0.382 e. The molecular formula is C12H14O3S. The number of hydrogen-bond acceptors (Lipinski definition) is 3. The first-order valence-corrected chi connectivity index (χ1v) is 6.58. The topological polar surface area (TPSA) is 43.4 Å². The van der Waals surface area contributed by atoms with Crippen molar-refractivity contribution in [3.05, 3.63) is 41.1 Å². The predicted molar refractivity (Wildman–Crippen MR) is 64.8 cm³/mol. The third-order valence-corrected chi connectivity index (χ3v) is 2.16. The Labute approximate surface area is 96.2 Å². The van der Waals surface area contributed by atoms with E-state index in [4.69, 9.17) is 4.18 Å². The molecule has 0 N–H and O–H groups in total. The van der Waals surface area contributed by atoms with Gasteiger partial charge in [-0.1, -0.05) is 18.2 Å². The summed E-state index contributed by atoms with van der Waals surface area (Å²) in [6, 6.07) is 6.92. The van der Waals surface area contributed by atoms with Crippen LogP contribution in [0.3, 0.4) is 0 Å². The van der Waals surface area contributed by atoms with Gasteiger partial charge in [-0.05, 0) is 31.6 Å². The normalized spacial score (nSPS) is 10.4. The van der Waals surface area contributed by atoms with Gasteiger partial charge in [-0.2, -0.15) is 8.42 Å². The average molecular weight is 238 g/mol. The summed E-state index contributed by atoms with van der Waals surface area (Å²) in [6.45, 7) is 3.83. The first-order chi connectivity index (χ1) is 7.38. The van der Waals surface area contributed by atoms with Crippen LogP contribution in [-0.4, -0.2) is 14.7 Å². The lowest BCUT2D eigenvalue weighted by Gasteiger charge is -2.05. The van der Waals surface area contributed by atoms with Gasteiger partial charge < -0.3 is 4.18 Å². The van der Waals surface area contributed by atoms with Crippen molar-refractivity contribution in [2.24, 2.45) is 0 Å². The van der Waals surface area contributed by atoms with Gasteiger partial charge in [0.15, 0.2) is 0 Å². The van der Waals surface area contributed by atoms with Gasteiger partial charge in [-0.3, -0.25) is 0 Å². The van der Waals surface area contributed by atoms with Crippen molar-refractivity contribution in [2.45, 2.75) is 13.8 Å². The number of rotatable bonds is 3. The van der Waals surface area contributed by atoms with Crippen LogP contribution in [0, 0.1) is 0 Å². The molecule has 86 valence electrons. The second-order valence-corrected chi connectivity index (χ2v) is 5.19. The summed E-state index contributed by atoms with van der Waals surface area (Å²) in [5, 5.41) is 0. The van der Waals surface area contributed by atoms with Crippen molar-refractivity contribution in [2.75, 3.05) is 6.26 Å². The summed E-state index contributed by atoms with van der Waals surface area (Å²) in [6.07, 6.45) is 2.73. The molecule has 0 bridgehead atoms. The van der Waals surface area contributed by atoms with Crippen LogP contribution in [0.2, 0.25) is 0 Å². The molecule has 1 aromatic rings. The molecule has 0 atom stereocenters. The molecule has 0 aromatic heterocycles. The van der Waals surface area contributed by atoms with Gasteiger partial charge in [-0.15, -0.1) is 5.73 Å². The van der Waals surface area contributed by atoms with Crippen LogP contribution in [0.4, 0.5) is 0 Å². The first kappa shape index (κ1) is 12.6. The predicted octanol–water partition coefficient (Wildman–Crippen LogP) is 2.60. The van der Waals surface area contributed by atoms with Crippen molar-refractivity contribution in [3.8, 4) is 5.75 Å². The number of para-hydroxylation sites is 1. The molecule has 0 aliphatic heterocycles. The molecule has 0 saturated heterocycles. The highest BCUT2D eigenvalue weighted by molar-refractivity contribution is 7.86. The summed E-state index contributed by atoms with van der Waals surface area (Å²) in [5.41, 5.74) is 4.70. The first-order valence-electron chi connectivity index (χ1n) is 4.77. The molecule has 0 spiro atoms.